The van der Waals surface area contributed by atoms with Gasteiger partial charge in [0.05, 0.1) is 26.0 Å². The molecule has 2 heterocycles. The highest BCUT2D eigenvalue weighted by Crippen LogP contribution is 2.51. The molecule has 0 N–H and O–H groups in total. The third-order valence-corrected chi connectivity index (χ3v) is 5.94. The maximum atomic E-state index is 6.54. The normalized spacial score (nSPS) is 19.4. The molecule has 3 aromatic carbocycles. The third-order valence-electron chi connectivity index (χ3n) is 5.59. The zero-order chi connectivity index (χ0) is 20.7. The highest BCUT2D eigenvalue weighted by Gasteiger charge is 2.42. The van der Waals surface area contributed by atoms with Crippen molar-refractivity contribution in [2.75, 3.05) is 14.2 Å². The summed E-state index contributed by atoms with van der Waals surface area (Å²) in [6.07, 6.45) is 0.319. The second-order valence-corrected chi connectivity index (χ2v) is 7.65. The molecule has 2 atom stereocenters. The van der Waals surface area contributed by atoms with Gasteiger partial charge in [0.2, 0.25) is 6.23 Å². The van der Waals surface area contributed by atoms with Crippen LogP contribution in [0.3, 0.4) is 0 Å². The summed E-state index contributed by atoms with van der Waals surface area (Å²) >= 11 is 6.54. The first-order chi connectivity index (χ1) is 14.7. The second-order valence-electron chi connectivity index (χ2n) is 7.25. The first-order valence-electron chi connectivity index (χ1n) is 9.78. The molecular weight excluding hydrogens is 400 g/mol. The number of hydrogen-bond donors (Lipinski definition) is 0. The number of fused-ring (bicyclic) bond motifs is 3. The quantitative estimate of drug-likeness (QED) is 0.551. The van der Waals surface area contributed by atoms with Gasteiger partial charge in [-0.2, -0.15) is 5.10 Å². The molecule has 30 heavy (non-hydrogen) atoms. The zero-order valence-corrected chi connectivity index (χ0v) is 17.5. The predicted octanol–water partition coefficient (Wildman–Crippen LogP) is 5.60. The minimum Gasteiger partial charge on any atom is -0.497 e. The van der Waals surface area contributed by atoms with Crippen LogP contribution in [0.1, 0.15) is 35.4 Å². The molecule has 0 unspecified atom stereocenters. The summed E-state index contributed by atoms with van der Waals surface area (Å²) in [7, 11) is 3.32. The van der Waals surface area contributed by atoms with Crippen molar-refractivity contribution in [1.29, 1.82) is 0 Å². The van der Waals surface area contributed by atoms with Crippen molar-refractivity contribution >= 4 is 17.3 Å². The number of ether oxygens (including phenoxy) is 3. The molecule has 2 aliphatic heterocycles. The van der Waals surface area contributed by atoms with Gasteiger partial charge < -0.3 is 14.2 Å². The van der Waals surface area contributed by atoms with Crippen molar-refractivity contribution in [3.63, 3.8) is 0 Å². The van der Waals surface area contributed by atoms with E-state index in [-0.39, 0.29) is 6.04 Å². The monoisotopic (exact) mass is 420 g/mol. The van der Waals surface area contributed by atoms with Gasteiger partial charge >= 0.3 is 0 Å². The van der Waals surface area contributed by atoms with Gasteiger partial charge in [-0.15, -0.1) is 0 Å². The van der Waals surface area contributed by atoms with Crippen LogP contribution in [0.5, 0.6) is 17.2 Å². The Kier molecular flexibility index (Phi) is 4.75. The molecule has 5 nitrogen and oxygen atoms in total. The summed E-state index contributed by atoms with van der Waals surface area (Å²) < 4.78 is 17.3. The highest BCUT2D eigenvalue weighted by atomic mass is 35.5. The Balaban J connectivity index is 1.61. The van der Waals surface area contributed by atoms with Crippen molar-refractivity contribution in [3.8, 4) is 17.2 Å². The Bertz CT molecular complexity index is 1110. The third kappa shape index (κ3) is 3.06. The lowest BCUT2D eigenvalue weighted by atomic mass is 9.95. The van der Waals surface area contributed by atoms with E-state index in [4.69, 9.17) is 30.9 Å². The number of hydrogen-bond acceptors (Lipinski definition) is 5. The fourth-order valence-corrected chi connectivity index (χ4v) is 4.31. The molecule has 5 rings (SSSR count). The molecule has 0 amide bonds. The van der Waals surface area contributed by atoms with Crippen LogP contribution >= 0.6 is 11.6 Å². The lowest BCUT2D eigenvalue weighted by molar-refractivity contribution is -0.0208. The van der Waals surface area contributed by atoms with Gasteiger partial charge in [-0.05, 0) is 42.0 Å². The Morgan fingerprint density at radius 3 is 2.43 bits per heavy atom. The van der Waals surface area contributed by atoms with Crippen LogP contribution in [0, 0.1) is 0 Å². The zero-order valence-electron chi connectivity index (χ0n) is 16.7. The van der Waals surface area contributed by atoms with Crippen molar-refractivity contribution in [2.45, 2.75) is 18.7 Å². The number of rotatable bonds is 4. The van der Waals surface area contributed by atoms with Crippen LogP contribution in [0.2, 0.25) is 5.02 Å². The fraction of sp³-hybridized carbons (Fsp3) is 0.208. The molecule has 6 heteroatoms. The summed E-state index contributed by atoms with van der Waals surface area (Å²) in [5.41, 5.74) is 4.00. The molecule has 0 saturated carbocycles. The van der Waals surface area contributed by atoms with Crippen LogP contribution in [-0.4, -0.2) is 24.9 Å². The van der Waals surface area contributed by atoms with Gasteiger partial charge in [0, 0.05) is 22.6 Å². The number of halogens is 1. The minimum atomic E-state index is -0.441. The van der Waals surface area contributed by atoms with Gasteiger partial charge in [0.15, 0.2) is 11.5 Å². The van der Waals surface area contributed by atoms with Gasteiger partial charge in [-0.25, -0.2) is 5.01 Å². The second kappa shape index (κ2) is 7.58. The van der Waals surface area contributed by atoms with E-state index < -0.39 is 6.23 Å². The SMILES string of the molecule is COc1ccc(C2=NN3[C@@H](c4ccccc4Cl)Oc4c(OC)cccc4[C@@H]3C2)cc1. The lowest BCUT2D eigenvalue weighted by Gasteiger charge is -2.38. The van der Waals surface area contributed by atoms with E-state index in [1.165, 1.54) is 0 Å². The molecule has 0 bridgehead atoms. The van der Waals surface area contributed by atoms with Crippen LogP contribution < -0.4 is 14.2 Å². The Morgan fingerprint density at radius 2 is 1.70 bits per heavy atom. The highest BCUT2D eigenvalue weighted by molar-refractivity contribution is 6.31. The first-order valence-corrected chi connectivity index (χ1v) is 10.2. The lowest BCUT2D eigenvalue weighted by Crippen LogP contribution is -2.34. The Labute approximate surface area is 180 Å². The number of para-hydroxylation sites is 1. The molecule has 0 aromatic heterocycles. The minimum absolute atomic E-state index is 0.0298. The van der Waals surface area contributed by atoms with Crippen molar-refractivity contribution in [3.05, 3.63) is 88.4 Å². The molecule has 152 valence electrons. The van der Waals surface area contributed by atoms with E-state index >= 15 is 0 Å². The molecule has 2 aliphatic rings. The van der Waals surface area contributed by atoms with E-state index in [2.05, 4.69) is 6.07 Å². The Morgan fingerprint density at radius 1 is 0.933 bits per heavy atom. The molecule has 0 spiro atoms. The van der Waals surface area contributed by atoms with Crippen molar-refractivity contribution in [2.24, 2.45) is 5.10 Å². The average Bonchev–Trinajstić information content (AvgIpc) is 3.24. The van der Waals surface area contributed by atoms with Gasteiger partial charge in [-0.1, -0.05) is 41.9 Å². The van der Waals surface area contributed by atoms with Gasteiger partial charge in [0.1, 0.15) is 5.75 Å². The van der Waals surface area contributed by atoms with E-state index in [0.717, 1.165) is 40.3 Å². The van der Waals surface area contributed by atoms with Crippen LogP contribution in [0.4, 0.5) is 0 Å². The maximum Gasteiger partial charge on any atom is 0.215 e. The van der Waals surface area contributed by atoms with Crippen molar-refractivity contribution in [1.82, 2.24) is 5.01 Å². The summed E-state index contributed by atoms with van der Waals surface area (Å²) in [5, 5.41) is 7.64. The number of methoxy groups -OCH3 is 2. The number of nitrogens with zero attached hydrogens (tertiary/aromatic N) is 2. The van der Waals surface area contributed by atoms with Crippen LogP contribution in [0.25, 0.3) is 0 Å². The van der Waals surface area contributed by atoms with Crippen LogP contribution in [0.15, 0.2) is 71.8 Å². The van der Waals surface area contributed by atoms with E-state index in [1.54, 1.807) is 14.2 Å². The van der Waals surface area contributed by atoms with E-state index in [0.29, 0.717) is 10.8 Å². The number of hydrazone groups is 1. The molecule has 3 aromatic rings. The van der Waals surface area contributed by atoms with Gasteiger partial charge in [0.25, 0.3) is 0 Å². The standard InChI is InChI=1S/C24H21ClN2O3/c1-28-16-12-10-15(11-13-16)20-14-21-18-7-5-9-22(29-2)23(18)30-24(27(21)26-20)17-6-3-4-8-19(17)25/h3-13,21,24H,14H2,1-2H3/t21-,24+/m0/s1. The molecule has 0 saturated heterocycles. The molecule has 0 fully saturated rings. The Hall–Kier alpha value is -3.18. The van der Waals surface area contributed by atoms with E-state index in [9.17, 15) is 0 Å². The fourth-order valence-electron chi connectivity index (χ4n) is 4.08. The summed E-state index contributed by atoms with van der Waals surface area (Å²) in [6, 6.07) is 21.7. The summed E-state index contributed by atoms with van der Waals surface area (Å²) in [4.78, 5) is 0. The van der Waals surface area contributed by atoms with E-state index in [1.807, 2.05) is 65.7 Å². The van der Waals surface area contributed by atoms with Crippen molar-refractivity contribution < 1.29 is 14.2 Å². The van der Waals surface area contributed by atoms with Crippen LogP contribution in [-0.2, 0) is 0 Å². The number of benzene rings is 3. The molecular formula is C24H21ClN2O3. The summed E-state index contributed by atoms with van der Waals surface area (Å²) in [6.45, 7) is 0. The topological polar surface area (TPSA) is 43.3 Å². The molecule has 0 radical (unpaired) electrons. The predicted molar refractivity (Wildman–Crippen MR) is 117 cm³/mol. The largest absolute Gasteiger partial charge is 0.497 e. The first kappa shape index (κ1) is 18.8. The molecule has 0 aliphatic carbocycles. The summed E-state index contributed by atoms with van der Waals surface area (Å²) in [5.74, 6) is 2.28. The maximum absolute atomic E-state index is 6.54. The van der Waals surface area contributed by atoms with Gasteiger partial charge in [-0.3, -0.25) is 0 Å². The average molecular weight is 421 g/mol. The smallest absolute Gasteiger partial charge is 0.215 e.